The highest BCUT2D eigenvalue weighted by Gasteiger charge is 2.25. The number of aliphatic imine (C=N–C) groups is 1. The van der Waals surface area contributed by atoms with Gasteiger partial charge < -0.3 is 9.80 Å². The first kappa shape index (κ1) is 15.3. The zero-order valence-corrected chi connectivity index (χ0v) is 14.4. The molecule has 2 aromatic rings. The standard InChI is InChI=1S/C19H19N3OS/c1-14(23)21-10-12-22(13-11-21)19-15-6-2-4-8-17(15)24-18-9-5-3-7-16(18)20-19/h2-9H,10-13H2,1H3. The van der Waals surface area contributed by atoms with Crippen molar-refractivity contribution in [1.82, 2.24) is 9.80 Å². The zero-order valence-electron chi connectivity index (χ0n) is 13.6. The number of hydrogen-bond acceptors (Lipinski definition) is 4. The van der Waals surface area contributed by atoms with Crippen LogP contribution in [0.25, 0.3) is 0 Å². The van der Waals surface area contributed by atoms with E-state index in [1.54, 1.807) is 18.7 Å². The normalized spacial score (nSPS) is 16.8. The van der Waals surface area contributed by atoms with Gasteiger partial charge in [-0.25, -0.2) is 4.99 Å². The number of carbonyl (C=O) groups is 1. The molecule has 2 aliphatic heterocycles. The predicted octanol–water partition coefficient (Wildman–Crippen LogP) is 3.39. The van der Waals surface area contributed by atoms with E-state index in [9.17, 15) is 4.79 Å². The molecule has 2 aliphatic rings. The number of amides is 1. The third-order valence-corrected chi connectivity index (χ3v) is 5.61. The van der Waals surface area contributed by atoms with Crippen molar-refractivity contribution in [2.45, 2.75) is 16.7 Å². The molecular formula is C19H19N3OS. The average molecular weight is 337 g/mol. The molecule has 2 heterocycles. The van der Waals surface area contributed by atoms with Crippen LogP contribution >= 0.6 is 11.8 Å². The fraction of sp³-hybridized carbons (Fsp3) is 0.263. The van der Waals surface area contributed by atoms with Gasteiger partial charge in [0, 0.05) is 48.5 Å². The first-order valence-electron chi connectivity index (χ1n) is 8.18. The van der Waals surface area contributed by atoms with Gasteiger partial charge in [0.1, 0.15) is 5.84 Å². The molecule has 0 N–H and O–H groups in total. The van der Waals surface area contributed by atoms with Gasteiger partial charge in [-0.3, -0.25) is 4.79 Å². The second-order valence-corrected chi connectivity index (χ2v) is 7.08. The molecule has 4 nitrogen and oxygen atoms in total. The molecule has 0 radical (unpaired) electrons. The highest BCUT2D eigenvalue weighted by atomic mass is 32.2. The van der Waals surface area contributed by atoms with Crippen LogP contribution in [-0.4, -0.2) is 47.7 Å². The number of piperazine rings is 1. The van der Waals surface area contributed by atoms with E-state index in [1.807, 2.05) is 11.0 Å². The van der Waals surface area contributed by atoms with Gasteiger partial charge >= 0.3 is 0 Å². The lowest BCUT2D eigenvalue weighted by Crippen LogP contribution is -2.50. The second-order valence-electron chi connectivity index (χ2n) is 5.99. The van der Waals surface area contributed by atoms with Gasteiger partial charge in [0.05, 0.1) is 5.69 Å². The molecule has 0 saturated carbocycles. The van der Waals surface area contributed by atoms with Gasteiger partial charge in [0.2, 0.25) is 5.91 Å². The van der Waals surface area contributed by atoms with E-state index in [1.165, 1.54) is 15.4 Å². The van der Waals surface area contributed by atoms with E-state index < -0.39 is 0 Å². The van der Waals surface area contributed by atoms with Gasteiger partial charge in [-0.1, -0.05) is 42.1 Å². The van der Waals surface area contributed by atoms with Gasteiger partial charge in [0.25, 0.3) is 0 Å². The minimum Gasteiger partial charge on any atom is -0.353 e. The summed E-state index contributed by atoms with van der Waals surface area (Å²) in [7, 11) is 0. The Labute approximate surface area is 146 Å². The first-order chi connectivity index (χ1) is 11.7. The van der Waals surface area contributed by atoms with Crippen LogP contribution < -0.4 is 0 Å². The SMILES string of the molecule is CC(=O)N1CCN(C2=Nc3ccccc3Sc3ccccc32)CC1. The van der Waals surface area contributed by atoms with Gasteiger partial charge in [-0.05, 0) is 18.2 Å². The molecule has 0 aromatic heterocycles. The summed E-state index contributed by atoms with van der Waals surface area (Å²) in [6, 6.07) is 16.7. The summed E-state index contributed by atoms with van der Waals surface area (Å²) in [5, 5.41) is 0. The number of carbonyl (C=O) groups excluding carboxylic acids is 1. The largest absolute Gasteiger partial charge is 0.353 e. The van der Waals surface area contributed by atoms with Crippen LogP contribution in [0.2, 0.25) is 0 Å². The van der Waals surface area contributed by atoms with Crippen molar-refractivity contribution in [1.29, 1.82) is 0 Å². The number of nitrogens with zero attached hydrogens (tertiary/aromatic N) is 3. The highest BCUT2D eigenvalue weighted by molar-refractivity contribution is 7.99. The molecular weight excluding hydrogens is 318 g/mol. The summed E-state index contributed by atoms with van der Waals surface area (Å²) in [5.74, 6) is 1.17. The molecule has 5 heteroatoms. The Morgan fingerprint density at radius 3 is 2.38 bits per heavy atom. The maximum absolute atomic E-state index is 11.6. The highest BCUT2D eigenvalue weighted by Crippen LogP contribution is 2.40. The minimum atomic E-state index is 0.152. The Hall–Kier alpha value is -2.27. The molecule has 4 rings (SSSR count). The van der Waals surface area contributed by atoms with Crippen LogP contribution in [0.4, 0.5) is 5.69 Å². The summed E-state index contributed by atoms with van der Waals surface area (Å²) in [6.45, 7) is 4.79. The molecule has 122 valence electrons. The molecule has 2 aromatic carbocycles. The summed E-state index contributed by atoms with van der Waals surface area (Å²) < 4.78 is 0. The molecule has 1 amide bonds. The summed E-state index contributed by atoms with van der Waals surface area (Å²) >= 11 is 1.77. The van der Waals surface area contributed by atoms with E-state index in [0.717, 1.165) is 37.7 Å². The quantitative estimate of drug-likeness (QED) is 0.739. The summed E-state index contributed by atoms with van der Waals surface area (Å²) in [4.78, 5) is 23.2. The van der Waals surface area contributed by atoms with Crippen LogP contribution in [0.3, 0.4) is 0 Å². The van der Waals surface area contributed by atoms with Crippen LogP contribution in [0, 0.1) is 0 Å². The zero-order chi connectivity index (χ0) is 16.5. The number of benzene rings is 2. The van der Waals surface area contributed by atoms with Crippen molar-refractivity contribution in [3.63, 3.8) is 0 Å². The van der Waals surface area contributed by atoms with Gasteiger partial charge in [-0.2, -0.15) is 0 Å². The van der Waals surface area contributed by atoms with E-state index in [2.05, 4.69) is 47.4 Å². The number of amidine groups is 1. The van der Waals surface area contributed by atoms with Crippen molar-refractivity contribution in [2.24, 2.45) is 4.99 Å². The lowest BCUT2D eigenvalue weighted by molar-refractivity contribution is -0.130. The maximum Gasteiger partial charge on any atom is 0.219 e. The molecule has 0 atom stereocenters. The molecule has 0 bridgehead atoms. The number of hydrogen-bond donors (Lipinski definition) is 0. The van der Waals surface area contributed by atoms with E-state index >= 15 is 0 Å². The molecule has 0 unspecified atom stereocenters. The minimum absolute atomic E-state index is 0.152. The third kappa shape index (κ3) is 2.80. The Kier molecular flexibility index (Phi) is 4.02. The molecule has 0 spiro atoms. The van der Waals surface area contributed by atoms with Crippen LogP contribution in [-0.2, 0) is 4.79 Å². The predicted molar refractivity (Wildman–Crippen MR) is 97.0 cm³/mol. The number of fused-ring (bicyclic) bond motifs is 2. The number of rotatable bonds is 0. The third-order valence-electron chi connectivity index (χ3n) is 4.46. The van der Waals surface area contributed by atoms with Crippen LogP contribution in [0.15, 0.2) is 63.3 Å². The summed E-state index contributed by atoms with van der Waals surface area (Å²) in [6.07, 6.45) is 0. The lowest BCUT2D eigenvalue weighted by Gasteiger charge is -2.36. The van der Waals surface area contributed by atoms with Crippen molar-refractivity contribution < 1.29 is 4.79 Å². The van der Waals surface area contributed by atoms with Crippen molar-refractivity contribution >= 4 is 29.2 Å². The lowest BCUT2D eigenvalue weighted by atomic mass is 10.1. The van der Waals surface area contributed by atoms with Crippen LogP contribution in [0.1, 0.15) is 12.5 Å². The van der Waals surface area contributed by atoms with E-state index in [4.69, 9.17) is 4.99 Å². The van der Waals surface area contributed by atoms with Crippen molar-refractivity contribution in [3.05, 3.63) is 54.1 Å². The van der Waals surface area contributed by atoms with Crippen molar-refractivity contribution in [3.8, 4) is 0 Å². The Bertz CT molecular complexity index is 810. The van der Waals surface area contributed by atoms with E-state index in [-0.39, 0.29) is 5.91 Å². The Balaban J connectivity index is 1.73. The maximum atomic E-state index is 11.6. The van der Waals surface area contributed by atoms with E-state index in [0.29, 0.717) is 0 Å². The fourth-order valence-corrected chi connectivity index (χ4v) is 4.16. The van der Waals surface area contributed by atoms with Gasteiger partial charge in [-0.15, -0.1) is 0 Å². The second kappa shape index (κ2) is 6.32. The number of para-hydroxylation sites is 1. The molecule has 0 aliphatic carbocycles. The average Bonchev–Trinajstić information content (AvgIpc) is 2.78. The van der Waals surface area contributed by atoms with Gasteiger partial charge in [0.15, 0.2) is 0 Å². The topological polar surface area (TPSA) is 35.9 Å². The van der Waals surface area contributed by atoms with Crippen LogP contribution in [0.5, 0.6) is 0 Å². The Morgan fingerprint density at radius 2 is 1.62 bits per heavy atom. The fourth-order valence-electron chi connectivity index (χ4n) is 3.14. The summed E-state index contributed by atoms with van der Waals surface area (Å²) in [5.41, 5.74) is 2.19. The first-order valence-corrected chi connectivity index (χ1v) is 8.99. The molecule has 1 saturated heterocycles. The smallest absolute Gasteiger partial charge is 0.219 e. The molecule has 24 heavy (non-hydrogen) atoms. The molecule has 1 fully saturated rings. The monoisotopic (exact) mass is 337 g/mol. The van der Waals surface area contributed by atoms with Crippen molar-refractivity contribution in [2.75, 3.05) is 26.2 Å². The Morgan fingerprint density at radius 1 is 0.958 bits per heavy atom.